The number of imidazole rings is 1. The van der Waals surface area contributed by atoms with E-state index in [-0.39, 0.29) is 17.2 Å². The Balaban J connectivity index is 0.875. The normalized spacial score (nSPS) is 17.7. The Morgan fingerprint density at radius 2 is 1.73 bits per heavy atom. The molecule has 0 unspecified atom stereocenters. The van der Waals surface area contributed by atoms with E-state index in [4.69, 9.17) is 14.7 Å². The predicted molar refractivity (Wildman–Crippen MR) is 206 cm³/mol. The number of anilines is 3. The van der Waals surface area contributed by atoms with Gasteiger partial charge < -0.3 is 24.8 Å². The fourth-order valence-electron chi connectivity index (χ4n) is 8.11. The van der Waals surface area contributed by atoms with Gasteiger partial charge in [-0.15, -0.1) is 11.3 Å². The van der Waals surface area contributed by atoms with E-state index in [2.05, 4.69) is 27.3 Å². The molecule has 10 rings (SSSR count). The molecule has 52 heavy (non-hydrogen) atoms. The highest BCUT2D eigenvalue weighted by Crippen LogP contribution is 2.46. The smallest absolute Gasteiger partial charge is 0.259 e. The van der Waals surface area contributed by atoms with Crippen molar-refractivity contribution in [3.63, 3.8) is 0 Å². The minimum Gasteiger partial charge on any atom is -0.381 e. The Hall–Kier alpha value is -5.32. The second-order valence-electron chi connectivity index (χ2n) is 14.7. The number of amides is 2. The lowest BCUT2D eigenvalue weighted by Crippen LogP contribution is -2.59. The minimum atomic E-state index is -0.174. The van der Waals surface area contributed by atoms with Crippen LogP contribution in [0.15, 0.2) is 91.1 Å². The number of ether oxygens (including phenoxy) is 1. The summed E-state index contributed by atoms with van der Waals surface area (Å²) in [5.41, 5.74) is 8.34. The van der Waals surface area contributed by atoms with Gasteiger partial charge in [-0.2, -0.15) is 0 Å². The van der Waals surface area contributed by atoms with E-state index in [9.17, 15) is 9.59 Å². The number of carbonyl (C=O) groups is 2. The van der Waals surface area contributed by atoms with Gasteiger partial charge in [0.15, 0.2) is 0 Å². The Labute approximate surface area is 305 Å². The molecular formula is C42H38N6O3S. The number of thiophene rings is 1. The van der Waals surface area contributed by atoms with Crippen LogP contribution in [0.1, 0.15) is 63.4 Å². The van der Waals surface area contributed by atoms with Crippen molar-refractivity contribution < 1.29 is 14.3 Å². The molecule has 2 N–H and O–H groups in total. The van der Waals surface area contributed by atoms with Crippen LogP contribution < -0.4 is 15.1 Å². The van der Waals surface area contributed by atoms with Crippen molar-refractivity contribution in [2.75, 3.05) is 48.0 Å². The molecule has 3 aromatic heterocycles. The van der Waals surface area contributed by atoms with Gasteiger partial charge in [0.2, 0.25) is 0 Å². The van der Waals surface area contributed by atoms with Gasteiger partial charge in [0.1, 0.15) is 11.6 Å². The second kappa shape index (κ2) is 12.4. The van der Waals surface area contributed by atoms with Crippen LogP contribution >= 0.6 is 11.3 Å². The molecule has 1 aliphatic carbocycles. The molecule has 6 aromatic rings. The summed E-state index contributed by atoms with van der Waals surface area (Å²) in [5, 5.41) is 3.11. The zero-order valence-electron chi connectivity index (χ0n) is 28.7. The van der Waals surface area contributed by atoms with E-state index in [1.54, 1.807) is 11.3 Å². The van der Waals surface area contributed by atoms with E-state index in [1.807, 2.05) is 83.9 Å². The van der Waals surface area contributed by atoms with E-state index in [0.29, 0.717) is 29.3 Å². The van der Waals surface area contributed by atoms with Crippen LogP contribution in [0.3, 0.4) is 0 Å². The number of nitrogens with one attached hydrogen (secondary N) is 2. The third-order valence-electron chi connectivity index (χ3n) is 11.2. The lowest BCUT2D eigenvalue weighted by atomic mass is 9.73. The van der Waals surface area contributed by atoms with Gasteiger partial charge in [0, 0.05) is 66.2 Å². The molecule has 9 nitrogen and oxygen atoms in total. The minimum absolute atomic E-state index is 0.0681. The van der Waals surface area contributed by atoms with Crippen molar-refractivity contribution in [1.29, 1.82) is 0 Å². The zero-order chi connectivity index (χ0) is 34.8. The molecule has 4 aliphatic rings. The number of aromatic nitrogens is 3. The maximum atomic E-state index is 14.1. The zero-order valence-corrected chi connectivity index (χ0v) is 29.5. The van der Waals surface area contributed by atoms with Gasteiger partial charge in [-0.3, -0.25) is 9.59 Å². The molecule has 0 radical (unpaired) electrons. The van der Waals surface area contributed by atoms with Crippen molar-refractivity contribution in [1.82, 2.24) is 15.0 Å². The van der Waals surface area contributed by atoms with Crippen molar-refractivity contribution in [2.24, 2.45) is 5.41 Å². The maximum absolute atomic E-state index is 14.1. The van der Waals surface area contributed by atoms with Crippen LogP contribution in [0.25, 0.3) is 32.2 Å². The van der Waals surface area contributed by atoms with E-state index in [1.165, 1.54) is 10.4 Å². The molecular weight excluding hydrogens is 669 g/mol. The van der Waals surface area contributed by atoms with Crippen LogP contribution in [-0.4, -0.2) is 59.6 Å². The highest BCUT2D eigenvalue weighted by atomic mass is 32.1. The molecule has 0 bridgehead atoms. The Kier molecular flexibility index (Phi) is 7.51. The average molecular weight is 707 g/mol. The molecule has 1 spiro atoms. The van der Waals surface area contributed by atoms with E-state index >= 15 is 0 Å². The topological polar surface area (TPSA) is 103 Å². The number of H-pyrrole nitrogens is 1. The molecule has 6 heterocycles. The van der Waals surface area contributed by atoms with Gasteiger partial charge >= 0.3 is 0 Å². The summed E-state index contributed by atoms with van der Waals surface area (Å²) >= 11 is 1.71. The number of fused-ring (bicyclic) bond motifs is 4. The van der Waals surface area contributed by atoms with Gasteiger partial charge in [0.05, 0.1) is 27.2 Å². The molecule has 2 saturated heterocycles. The van der Waals surface area contributed by atoms with Crippen LogP contribution in [0.4, 0.5) is 17.2 Å². The number of hydrogen-bond donors (Lipinski definition) is 2. The first-order valence-corrected chi connectivity index (χ1v) is 19.1. The number of rotatable bonds is 6. The summed E-state index contributed by atoms with van der Waals surface area (Å²) in [7, 11) is 0. The summed E-state index contributed by atoms with van der Waals surface area (Å²) in [4.78, 5) is 47.5. The summed E-state index contributed by atoms with van der Waals surface area (Å²) in [6.07, 6.45) is 7.08. The first-order valence-electron chi connectivity index (χ1n) is 18.2. The number of hydrogen-bond acceptors (Lipinski definition) is 7. The molecule has 1 saturated carbocycles. The first kappa shape index (κ1) is 31.4. The van der Waals surface area contributed by atoms with Gasteiger partial charge in [-0.1, -0.05) is 30.3 Å². The summed E-state index contributed by atoms with van der Waals surface area (Å²) in [5.74, 6) is 1.87. The molecule has 0 atom stereocenters. The molecule has 3 aromatic carbocycles. The average Bonchev–Trinajstić information content (AvgIpc) is 3.83. The number of nitrogens with zero attached hydrogens (tertiary/aromatic N) is 4. The van der Waals surface area contributed by atoms with Crippen LogP contribution in [-0.2, 0) is 11.2 Å². The Morgan fingerprint density at radius 1 is 0.942 bits per heavy atom. The Morgan fingerprint density at radius 3 is 2.54 bits per heavy atom. The van der Waals surface area contributed by atoms with Crippen LogP contribution in [0.5, 0.6) is 0 Å². The molecule has 10 heteroatoms. The van der Waals surface area contributed by atoms with E-state index in [0.717, 1.165) is 103 Å². The van der Waals surface area contributed by atoms with Gasteiger partial charge in [-0.25, -0.2) is 9.97 Å². The molecule has 260 valence electrons. The number of para-hydroxylation sites is 3. The SMILES string of the molecule is O=C(Nc1ccc(C(=O)N2CCc3cc(-c4nc5ccccc5[nH]4)sc3-c3ccccc32)cc1)c1cc(C2CC2)cnc1N1CC2(CCOCC2)C1. The van der Waals surface area contributed by atoms with Crippen molar-refractivity contribution in [3.8, 4) is 21.1 Å². The van der Waals surface area contributed by atoms with E-state index < -0.39 is 0 Å². The fraction of sp³-hybridized carbons (Fsp3) is 0.286. The lowest BCUT2D eigenvalue weighted by Gasteiger charge is -2.53. The Bertz CT molecular complexity index is 2310. The number of aromatic amines is 1. The third-order valence-corrected chi connectivity index (χ3v) is 12.4. The lowest BCUT2D eigenvalue weighted by molar-refractivity contribution is -0.000510. The number of pyridine rings is 1. The first-order chi connectivity index (χ1) is 25.5. The fourth-order valence-corrected chi connectivity index (χ4v) is 9.30. The number of benzene rings is 3. The molecule has 3 fully saturated rings. The summed E-state index contributed by atoms with van der Waals surface area (Å²) in [6.45, 7) is 3.96. The van der Waals surface area contributed by atoms with Gasteiger partial charge in [0.25, 0.3) is 11.8 Å². The van der Waals surface area contributed by atoms with Crippen molar-refractivity contribution in [2.45, 2.75) is 38.0 Å². The molecule has 3 aliphatic heterocycles. The van der Waals surface area contributed by atoms with Crippen molar-refractivity contribution in [3.05, 3.63) is 113 Å². The third kappa shape index (κ3) is 5.57. The largest absolute Gasteiger partial charge is 0.381 e. The number of carbonyl (C=O) groups excluding carboxylic acids is 2. The second-order valence-corrected chi connectivity index (χ2v) is 15.8. The molecule has 2 amide bonds. The maximum Gasteiger partial charge on any atom is 0.259 e. The highest BCUT2D eigenvalue weighted by molar-refractivity contribution is 7.19. The van der Waals surface area contributed by atoms with Crippen LogP contribution in [0.2, 0.25) is 0 Å². The van der Waals surface area contributed by atoms with Crippen LogP contribution in [0, 0.1) is 5.41 Å². The standard InChI is InChI=1S/C42H38N6O3S/c49-40(32-21-29(26-9-10-26)23-43-39(32)47-24-42(25-47)16-19-51-20-17-42)44-30-13-11-27(12-14-30)41(50)48-18-15-28-22-36(38-45-33-6-2-3-7-34(33)46-38)52-37(28)31-5-1-4-8-35(31)48/h1-8,11-14,21-23,26H,9-10,15-20,24-25H2,(H,44,49)(H,45,46). The summed E-state index contributed by atoms with van der Waals surface area (Å²) in [6, 6.07) is 27.7. The highest BCUT2D eigenvalue weighted by Gasteiger charge is 2.45. The monoisotopic (exact) mass is 706 g/mol. The van der Waals surface area contributed by atoms with Gasteiger partial charge in [-0.05, 0) is 104 Å². The predicted octanol–water partition coefficient (Wildman–Crippen LogP) is 8.30. The summed E-state index contributed by atoms with van der Waals surface area (Å²) < 4.78 is 5.61. The van der Waals surface area contributed by atoms with Crippen molar-refractivity contribution >= 4 is 51.4 Å². The quantitative estimate of drug-likeness (QED) is 0.181.